The van der Waals surface area contributed by atoms with Crippen molar-refractivity contribution >= 4 is 35.1 Å². The molecular weight excluding hydrogens is 329 g/mol. The number of aromatic carboxylic acids is 1. The summed E-state index contributed by atoms with van der Waals surface area (Å²) in [5, 5.41) is 13.8. The number of nitrogens with zero attached hydrogens (tertiary/aromatic N) is 3. The maximum absolute atomic E-state index is 12.5. The normalized spacial score (nSPS) is 14.1. The number of hydrogen-bond acceptors (Lipinski definition) is 3. The molecule has 1 aliphatic rings. The summed E-state index contributed by atoms with van der Waals surface area (Å²) < 4.78 is 1.41. The van der Waals surface area contributed by atoms with Crippen LogP contribution in [0.1, 0.15) is 26.5 Å². The fraction of sp³-hybridized carbons (Fsp3) is 0.214. The van der Waals surface area contributed by atoms with Gasteiger partial charge in [0.05, 0.1) is 6.54 Å². The van der Waals surface area contributed by atoms with Crippen LogP contribution in [0.15, 0.2) is 24.3 Å². The maximum Gasteiger partial charge on any atom is 0.356 e. The number of carbonyl (C=O) groups is 2. The molecule has 114 valence electrons. The van der Waals surface area contributed by atoms with Gasteiger partial charge >= 0.3 is 5.97 Å². The van der Waals surface area contributed by atoms with E-state index in [2.05, 4.69) is 5.10 Å². The molecule has 0 bridgehead atoms. The fourth-order valence-electron chi connectivity index (χ4n) is 2.37. The highest BCUT2D eigenvalue weighted by atomic mass is 35.5. The van der Waals surface area contributed by atoms with Crippen molar-refractivity contribution < 1.29 is 14.7 Å². The Morgan fingerprint density at radius 3 is 2.59 bits per heavy atom. The summed E-state index contributed by atoms with van der Waals surface area (Å²) in [6.07, 6.45) is 0. The third-order valence-corrected chi connectivity index (χ3v) is 4.21. The maximum atomic E-state index is 12.5. The van der Waals surface area contributed by atoms with Crippen molar-refractivity contribution in [3.63, 3.8) is 0 Å². The van der Waals surface area contributed by atoms with Gasteiger partial charge in [0.1, 0.15) is 5.69 Å². The first kappa shape index (κ1) is 14.9. The number of aromatic nitrogens is 2. The first-order valence-corrected chi connectivity index (χ1v) is 7.26. The van der Waals surface area contributed by atoms with Crippen LogP contribution in [-0.2, 0) is 13.1 Å². The summed E-state index contributed by atoms with van der Waals surface area (Å²) in [4.78, 5) is 25.0. The fourth-order valence-corrected chi connectivity index (χ4v) is 2.88. The highest BCUT2D eigenvalue weighted by Gasteiger charge is 2.28. The van der Waals surface area contributed by atoms with Crippen molar-refractivity contribution in [1.29, 1.82) is 0 Å². The topological polar surface area (TPSA) is 75.4 Å². The zero-order valence-corrected chi connectivity index (χ0v) is 12.8. The number of carboxylic acid groups (broad SMARTS) is 1. The zero-order chi connectivity index (χ0) is 15.9. The van der Waals surface area contributed by atoms with E-state index in [0.717, 1.165) is 0 Å². The summed E-state index contributed by atoms with van der Waals surface area (Å²) in [5.41, 5.74) is 0.790. The molecule has 1 amide bonds. The molecule has 22 heavy (non-hydrogen) atoms. The Kier molecular flexibility index (Phi) is 3.80. The summed E-state index contributed by atoms with van der Waals surface area (Å²) in [6.45, 7) is 1.11. The van der Waals surface area contributed by atoms with Gasteiger partial charge in [0.15, 0.2) is 5.69 Å². The van der Waals surface area contributed by atoms with Gasteiger partial charge in [0, 0.05) is 34.8 Å². The molecule has 8 heteroatoms. The van der Waals surface area contributed by atoms with E-state index in [-0.39, 0.29) is 23.8 Å². The van der Waals surface area contributed by atoms with E-state index in [0.29, 0.717) is 28.7 Å². The van der Waals surface area contributed by atoms with Crippen molar-refractivity contribution in [2.45, 2.75) is 13.1 Å². The van der Waals surface area contributed by atoms with E-state index in [1.807, 2.05) is 0 Å². The molecular formula is C14H11Cl2N3O3. The molecule has 1 N–H and O–H groups in total. The van der Waals surface area contributed by atoms with Crippen LogP contribution in [-0.4, -0.2) is 38.2 Å². The number of carboxylic acids is 1. The molecule has 3 rings (SSSR count). The van der Waals surface area contributed by atoms with Crippen LogP contribution in [0.5, 0.6) is 0 Å². The van der Waals surface area contributed by atoms with Crippen LogP contribution in [0, 0.1) is 0 Å². The Labute approximate surface area is 135 Å². The minimum Gasteiger partial charge on any atom is -0.476 e. The monoisotopic (exact) mass is 339 g/mol. The number of halogens is 2. The third-order valence-electron chi connectivity index (χ3n) is 3.50. The van der Waals surface area contributed by atoms with Crippen molar-refractivity contribution in [3.8, 4) is 0 Å². The predicted octanol–water partition coefficient (Wildman–Crippen LogP) is 2.54. The molecule has 1 aromatic heterocycles. The summed E-state index contributed by atoms with van der Waals surface area (Å²) in [6, 6.07) is 6.44. The van der Waals surface area contributed by atoms with Crippen LogP contribution in [0.3, 0.4) is 0 Å². The molecule has 6 nitrogen and oxygen atoms in total. The lowest BCUT2D eigenvalue weighted by Gasteiger charge is -2.28. The number of carbonyl (C=O) groups excluding carboxylic acids is 1. The second-order valence-electron chi connectivity index (χ2n) is 4.87. The van der Waals surface area contributed by atoms with E-state index in [1.54, 1.807) is 23.1 Å². The molecule has 0 aliphatic carbocycles. The second kappa shape index (κ2) is 5.62. The minimum atomic E-state index is -1.16. The van der Waals surface area contributed by atoms with Gasteiger partial charge in [-0.15, -0.1) is 0 Å². The Bertz CT molecular complexity index is 752. The van der Waals surface area contributed by atoms with Gasteiger partial charge in [0.25, 0.3) is 5.91 Å². The van der Waals surface area contributed by atoms with Crippen molar-refractivity contribution in [3.05, 3.63) is 51.3 Å². The Hall–Kier alpha value is -2.05. The Balaban J connectivity index is 1.88. The lowest BCUT2D eigenvalue weighted by atomic mass is 10.2. The van der Waals surface area contributed by atoms with Gasteiger partial charge in [-0.1, -0.05) is 29.3 Å². The third kappa shape index (κ3) is 2.55. The lowest BCUT2D eigenvalue weighted by molar-refractivity contribution is 0.0671. The van der Waals surface area contributed by atoms with E-state index in [9.17, 15) is 9.59 Å². The first-order valence-electron chi connectivity index (χ1n) is 6.50. The molecule has 0 atom stereocenters. The van der Waals surface area contributed by atoms with Crippen molar-refractivity contribution in [2.75, 3.05) is 6.54 Å². The van der Waals surface area contributed by atoms with Crippen LogP contribution in [0.25, 0.3) is 0 Å². The van der Waals surface area contributed by atoms with Crippen LogP contribution >= 0.6 is 23.2 Å². The number of fused-ring (bicyclic) bond motifs is 1. The molecule has 1 aromatic carbocycles. The molecule has 2 heterocycles. The standard InChI is InChI=1S/C14H11Cl2N3O3/c15-9-2-1-3-10(16)8(9)7-18-4-5-19-12(13(18)20)6-11(17-19)14(21)22/h1-3,6H,4-5,7H2,(H,21,22). The Morgan fingerprint density at radius 2 is 1.95 bits per heavy atom. The van der Waals surface area contributed by atoms with E-state index >= 15 is 0 Å². The Morgan fingerprint density at radius 1 is 1.27 bits per heavy atom. The zero-order valence-electron chi connectivity index (χ0n) is 11.3. The average molecular weight is 340 g/mol. The van der Waals surface area contributed by atoms with Crippen molar-refractivity contribution in [1.82, 2.24) is 14.7 Å². The van der Waals surface area contributed by atoms with Gasteiger partial charge in [-0.25, -0.2) is 4.79 Å². The molecule has 0 spiro atoms. The van der Waals surface area contributed by atoms with Gasteiger partial charge < -0.3 is 10.0 Å². The highest BCUT2D eigenvalue weighted by Crippen LogP contribution is 2.27. The van der Waals surface area contributed by atoms with Gasteiger partial charge in [-0.05, 0) is 12.1 Å². The minimum absolute atomic E-state index is 0.138. The van der Waals surface area contributed by atoms with E-state index in [1.165, 1.54) is 10.7 Å². The van der Waals surface area contributed by atoms with Crippen LogP contribution in [0.4, 0.5) is 0 Å². The predicted molar refractivity (Wildman–Crippen MR) is 80.4 cm³/mol. The number of hydrogen-bond donors (Lipinski definition) is 1. The SMILES string of the molecule is O=C(O)c1cc2n(n1)CCN(Cc1c(Cl)cccc1Cl)C2=O. The quantitative estimate of drug-likeness (QED) is 0.932. The van der Waals surface area contributed by atoms with E-state index in [4.69, 9.17) is 28.3 Å². The highest BCUT2D eigenvalue weighted by molar-refractivity contribution is 6.36. The van der Waals surface area contributed by atoms with Gasteiger partial charge in [-0.3, -0.25) is 9.48 Å². The molecule has 0 saturated heterocycles. The largest absolute Gasteiger partial charge is 0.476 e. The van der Waals surface area contributed by atoms with Crippen molar-refractivity contribution in [2.24, 2.45) is 0 Å². The molecule has 0 radical (unpaired) electrons. The van der Waals surface area contributed by atoms with Gasteiger partial charge in [-0.2, -0.15) is 5.10 Å². The number of benzene rings is 1. The molecule has 1 aliphatic heterocycles. The summed E-state index contributed by atoms with van der Waals surface area (Å²) in [7, 11) is 0. The number of amides is 1. The van der Waals surface area contributed by atoms with Crippen LogP contribution < -0.4 is 0 Å². The summed E-state index contributed by atoms with van der Waals surface area (Å²) in [5.74, 6) is -1.45. The van der Waals surface area contributed by atoms with Gasteiger partial charge in [0.2, 0.25) is 0 Å². The molecule has 0 unspecified atom stereocenters. The first-order chi connectivity index (χ1) is 10.5. The average Bonchev–Trinajstić information content (AvgIpc) is 2.90. The molecule has 0 fully saturated rings. The lowest BCUT2D eigenvalue weighted by Crippen LogP contribution is -2.39. The van der Waals surface area contributed by atoms with Crippen LogP contribution in [0.2, 0.25) is 10.0 Å². The summed E-state index contributed by atoms with van der Waals surface area (Å²) >= 11 is 12.2. The van der Waals surface area contributed by atoms with E-state index < -0.39 is 5.97 Å². The smallest absolute Gasteiger partial charge is 0.356 e. The molecule has 2 aromatic rings. The molecule has 0 saturated carbocycles. The number of rotatable bonds is 3. The second-order valence-corrected chi connectivity index (χ2v) is 5.68.